The highest BCUT2D eigenvalue weighted by molar-refractivity contribution is 5.76. The molecule has 0 rings (SSSR count). The van der Waals surface area contributed by atoms with Crippen molar-refractivity contribution < 1.29 is 24.5 Å². The first-order valence-corrected chi connectivity index (χ1v) is 35.7. The Morgan fingerprint density at radius 1 is 0.354 bits per heavy atom. The molecule has 0 fully saturated rings. The van der Waals surface area contributed by atoms with E-state index in [1.807, 2.05) is 0 Å². The van der Waals surface area contributed by atoms with E-state index < -0.39 is 12.1 Å². The number of carbonyl (C=O) groups excluding carboxylic acids is 2. The van der Waals surface area contributed by atoms with E-state index in [0.29, 0.717) is 25.9 Å². The zero-order valence-corrected chi connectivity index (χ0v) is 53.4. The average Bonchev–Trinajstić information content (AvgIpc) is 3.45. The SMILES string of the molecule is CCCCCC/C=C\C/C=C\CCCCCCCCCC(=O)OCCCCCCCCCCCC/C=C\CCCCCCCCCC(=O)NC(CO)C(O)CCCCCCCCCCCCCCCCCCCCCCCCC. The monoisotopic (exact) mass is 1110 g/mol. The van der Waals surface area contributed by atoms with Crippen molar-refractivity contribution in [3.05, 3.63) is 36.5 Å². The van der Waals surface area contributed by atoms with Gasteiger partial charge < -0.3 is 20.3 Å². The molecule has 0 aliphatic carbocycles. The summed E-state index contributed by atoms with van der Waals surface area (Å²) < 4.78 is 5.50. The van der Waals surface area contributed by atoms with Crippen molar-refractivity contribution in [1.82, 2.24) is 5.32 Å². The second kappa shape index (κ2) is 68.6. The number of hydrogen-bond donors (Lipinski definition) is 3. The Balaban J connectivity index is 3.42. The fourth-order valence-corrected chi connectivity index (χ4v) is 11.2. The van der Waals surface area contributed by atoms with Crippen LogP contribution in [0.2, 0.25) is 0 Å². The van der Waals surface area contributed by atoms with Gasteiger partial charge >= 0.3 is 5.97 Å². The molecule has 0 aliphatic heterocycles. The molecule has 0 spiro atoms. The van der Waals surface area contributed by atoms with Crippen LogP contribution in [-0.2, 0) is 14.3 Å². The highest BCUT2D eigenvalue weighted by Gasteiger charge is 2.20. The number of hydrogen-bond acceptors (Lipinski definition) is 5. The third-order valence-electron chi connectivity index (χ3n) is 16.7. The maximum atomic E-state index is 12.6. The van der Waals surface area contributed by atoms with E-state index in [0.717, 1.165) is 51.4 Å². The molecule has 6 nitrogen and oxygen atoms in total. The summed E-state index contributed by atoms with van der Waals surface area (Å²) in [5.41, 5.74) is 0. The van der Waals surface area contributed by atoms with Crippen molar-refractivity contribution in [3.8, 4) is 0 Å². The number of unbranched alkanes of at least 4 members (excludes halogenated alkanes) is 50. The van der Waals surface area contributed by atoms with Gasteiger partial charge in [-0.25, -0.2) is 0 Å². The van der Waals surface area contributed by atoms with Gasteiger partial charge in [0.25, 0.3) is 0 Å². The average molecular weight is 1110 g/mol. The van der Waals surface area contributed by atoms with Gasteiger partial charge in [-0.3, -0.25) is 9.59 Å². The van der Waals surface area contributed by atoms with Gasteiger partial charge in [-0.05, 0) is 83.5 Å². The third kappa shape index (κ3) is 65.1. The van der Waals surface area contributed by atoms with Crippen LogP contribution in [0.5, 0.6) is 0 Å². The highest BCUT2D eigenvalue weighted by atomic mass is 16.5. The lowest BCUT2D eigenvalue weighted by Crippen LogP contribution is -2.45. The van der Waals surface area contributed by atoms with Gasteiger partial charge in [0.15, 0.2) is 0 Å². The molecule has 1 amide bonds. The van der Waals surface area contributed by atoms with Gasteiger partial charge in [0.05, 0.1) is 25.4 Å². The minimum Gasteiger partial charge on any atom is -0.466 e. The quantitative estimate of drug-likeness (QED) is 0.0320. The Hall–Kier alpha value is -1.92. The Morgan fingerprint density at radius 2 is 0.633 bits per heavy atom. The second-order valence-electron chi connectivity index (χ2n) is 24.6. The summed E-state index contributed by atoms with van der Waals surface area (Å²) in [6.07, 6.45) is 87.5. The number of aliphatic hydroxyl groups is 2. The smallest absolute Gasteiger partial charge is 0.305 e. The summed E-state index contributed by atoms with van der Waals surface area (Å²) in [5, 5.41) is 23.4. The minimum absolute atomic E-state index is 0.00169. The van der Waals surface area contributed by atoms with Crippen molar-refractivity contribution in [2.45, 2.75) is 405 Å². The van der Waals surface area contributed by atoms with Crippen LogP contribution < -0.4 is 5.32 Å². The first-order chi connectivity index (χ1) is 39.0. The summed E-state index contributed by atoms with van der Waals surface area (Å²) in [7, 11) is 0. The molecular formula is C73H139NO5. The maximum absolute atomic E-state index is 12.6. The normalized spacial score (nSPS) is 12.7. The number of amides is 1. The van der Waals surface area contributed by atoms with E-state index in [2.05, 4.69) is 55.6 Å². The number of carbonyl (C=O) groups is 2. The molecule has 0 aromatic heterocycles. The molecule has 79 heavy (non-hydrogen) atoms. The molecule has 0 heterocycles. The predicted molar refractivity (Wildman–Crippen MR) is 347 cm³/mol. The second-order valence-corrected chi connectivity index (χ2v) is 24.6. The zero-order valence-electron chi connectivity index (χ0n) is 53.4. The largest absolute Gasteiger partial charge is 0.466 e. The Labute approximate surface area is 494 Å². The molecular weight excluding hydrogens is 971 g/mol. The molecule has 2 atom stereocenters. The molecule has 0 saturated heterocycles. The summed E-state index contributed by atoms with van der Waals surface area (Å²) in [6.45, 7) is 4.96. The van der Waals surface area contributed by atoms with Crippen LogP contribution in [0.1, 0.15) is 393 Å². The molecule has 0 bridgehead atoms. The molecule has 0 saturated carbocycles. The van der Waals surface area contributed by atoms with Crippen LogP contribution in [-0.4, -0.2) is 47.4 Å². The van der Waals surface area contributed by atoms with Crippen LogP contribution in [0, 0.1) is 0 Å². The lowest BCUT2D eigenvalue weighted by Gasteiger charge is -2.22. The van der Waals surface area contributed by atoms with E-state index in [1.165, 1.54) is 308 Å². The Morgan fingerprint density at radius 3 is 0.987 bits per heavy atom. The number of nitrogens with one attached hydrogen (secondary N) is 1. The first-order valence-electron chi connectivity index (χ1n) is 35.7. The van der Waals surface area contributed by atoms with Gasteiger partial charge in [-0.1, -0.05) is 333 Å². The number of aliphatic hydroxyl groups excluding tert-OH is 2. The number of allylic oxidation sites excluding steroid dienone is 6. The van der Waals surface area contributed by atoms with Crippen molar-refractivity contribution in [1.29, 1.82) is 0 Å². The summed E-state index contributed by atoms with van der Waals surface area (Å²) in [6, 6.07) is -0.549. The molecule has 2 unspecified atom stereocenters. The van der Waals surface area contributed by atoms with Crippen molar-refractivity contribution in [3.63, 3.8) is 0 Å². The van der Waals surface area contributed by atoms with Crippen LogP contribution in [0.15, 0.2) is 36.5 Å². The number of rotatable bonds is 67. The van der Waals surface area contributed by atoms with Crippen molar-refractivity contribution >= 4 is 11.9 Å². The van der Waals surface area contributed by atoms with Gasteiger partial charge in [0.2, 0.25) is 5.91 Å². The summed E-state index contributed by atoms with van der Waals surface area (Å²) in [4.78, 5) is 24.7. The van der Waals surface area contributed by atoms with Gasteiger partial charge in [-0.15, -0.1) is 0 Å². The summed E-state index contributed by atoms with van der Waals surface area (Å²) >= 11 is 0. The van der Waals surface area contributed by atoms with E-state index in [1.54, 1.807) is 0 Å². The molecule has 0 radical (unpaired) electrons. The zero-order chi connectivity index (χ0) is 57.1. The molecule has 3 N–H and O–H groups in total. The topological polar surface area (TPSA) is 95.9 Å². The molecule has 466 valence electrons. The minimum atomic E-state index is -0.671. The van der Waals surface area contributed by atoms with Gasteiger partial charge in [-0.2, -0.15) is 0 Å². The van der Waals surface area contributed by atoms with E-state index in [4.69, 9.17) is 4.74 Å². The van der Waals surface area contributed by atoms with Crippen molar-refractivity contribution in [2.24, 2.45) is 0 Å². The maximum Gasteiger partial charge on any atom is 0.305 e. The lowest BCUT2D eigenvalue weighted by atomic mass is 10.0. The lowest BCUT2D eigenvalue weighted by molar-refractivity contribution is -0.143. The van der Waals surface area contributed by atoms with Gasteiger partial charge in [0.1, 0.15) is 0 Å². The fourth-order valence-electron chi connectivity index (χ4n) is 11.2. The molecule has 0 aliphatic rings. The number of ether oxygens (including phenoxy) is 1. The number of esters is 1. The highest BCUT2D eigenvalue weighted by Crippen LogP contribution is 2.19. The molecule has 6 heteroatoms. The summed E-state index contributed by atoms with van der Waals surface area (Å²) in [5.74, 6) is -0.0371. The van der Waals surface area contributed by atoms with Crippen LogP contribution in [0.3, 0.4) is 0 Å². The molecule has 0 aromatic carbocycles. The Kier molecular flexibility index (Phi) is 66.9. The van der Waals surface area contributed by atoms with Crippen LogP contribution >= 0.6 is 0 Å². The predicted octanol–water partition coefficient (Wildman–Crippen LogP) is 23.1. The van der Waals surface area contributed by atoms with Gasteiger partial charge in [0, 0.05) is 12.8 Å². The third-order valence-corrected chi connectivity index (χ3v) is 16.7. The van der Waals surface area contributed by atoms with E-state index in [-0.39, 0.29) is 18.5 Å². The van der Waals surface area contributed by atoms with E-state index in [9.17, 15) is 19.8 Å². The van der Waals surface area contributed by atoms with Crippen LogP contribution in [0.4, 0.5) is 0 Å². The fraction of sp³-hybridized carbons (Fsp3) is 0.890. The molecule has 0 aromatic rings. The van der Waals surface area contributed by atoms with E-state index >= 15 is 0 Å². The van der Waals surface area contributed by atoms with Crippen molar-refractivity contribution in [2.75, 3.05) is 13.2 Å². The standard InChI is InChI=1S/C73H139NO5/c1-3-5-7-9-11-13-15-17-19-21-23-24-25-27-30-33-37-41-45-49-53-57-61-65-71(76)70(69-75)74-72(77)66-62-58-54-50-46-42-38-34-31-28-26-29-32-36-40-44-48-52-56-60-64-68-79-73(78)67-63-59-55-51-47-43-39-35-22-20-18-16-14-12-10-8-6-4-2/h14,16,20,22,28,31,70-71,75-76H,3-13,15,17-19,21,23-27,29-30,32-69H2,1-2H3,(H,74,77)/b16-14-,22-20-,31-28-. The van der Waals surface area contributed by atoms with Crippen LogP contribution in [0.25, 0.3) is 0 Å². The Bertz CT molecular complexity index is 1280. The first kappa shape index (κ1) is 77.1.